The topological polar surface area (TPSA) is 24.9 Å². The fourth-order valence-corrected chi connectivity index (χ4v) is 1.18. The van der Waals surface area contributed by atoms with Crippen molar-refractivity contribution in [2.45, 2.75) is 6.42 Å². The van der Waals surface area contributed by atoms with Gasteiger partial charge in [-0.3, -0.25) is 4.98 Å². The molecule has 0 radical (unpaired) electrons. The molecule has 0 amide bonds. The van der Waals surface area contributed by atoms with Crippen LogP contribution in [0, 0.1) is 0 Å². The highest BCUT2D eigenvalue weighted by atomic mass is 35.5. The van der Waals surface area contributed by atoms with Gasteiger partial charge < -0.3 is 5.32 Å². The van der Waals surface area contributed by atoms with Crippen molar-refractivity contribution in [2.75, 3.05) is 13.1 Å². The maximum atomic E-state index is 5.70. The molecule has 0 unspecified atom stereocenters. The van der Waals surface area contributed by atoms with Crippen LogP contribution in [0.3, 0.4) is 0 Å². The standard InChI is InChI=1S/C10H12Cl2N2/c11-7-9(12)8-13-6-4-10-3-1-2-5-14-10/h1-3,5,7,13H,4,6,8H2. The van der Waals surface area contributed by atoms with Crippen molar-refractivity contribution in [1.82, 2.24) is 10.3 Å². The molecule has 0 saturated carbocycles. The minimum absolute atomic E-state index is 0.609. The van der Waals surface area contributed by atoms with Crippen LogP contribution in [0.4, 0.5) is 0 Å². The van der Waals surface area contributed by atoms with E-state index in [-0.39, 0.29) is 0 Å². The number of hydrogen-bond acceptors (Lipinski definition) is 2. The molecular weight excluding hydrogens is 219 g/mol. The minimum atomic E-state index is 0.609. The molecular formula is C10H12Cl2N2. The molecule has 4 heteroatoms. The van der Waals surface area contributed by atoms with Gasteiger partial charge in [0.05, 0.1) is 0 Å². The Bertz CT molecular complexity index is 285. The molecule has 2 nitrogen and oxygen atoms in total. The first-order chi connectivity index (χ1) is 6.83. The zero-order valence-corrected chi connectivity index (χ0v) is 9.22. The van der Waals surface area contributed by atoms with E-state index in [1.807, 2.05) is 18.2 Å². The Morgan fingerprint density at radius 1 is 1.50 bits per heavy atom. The fraction of sp³-hybridized carbons (Fsp3) is 0.300. The van der Waals surface area contributed by atoms with Crippen molar-refractivity contribution in [3.8, 4) is 0 Å². The summed E-state index contributed by atoms with van der Waals surface area (Å²) in [5.41, 5.74) is 2.45. The number of aromatic nitrogens is 1. The first kappa shape index (κ1) is 11.5. The second-order valence-electron chi connectivity index (χ2n) is 2.80. The van der Waals surface area contributed by atoms with Crippen molar-refractivity contribution < 1.29 is 0 Å². The zero-order chi connectivity index (χ0) is 10.2. The van der Waals surface area contributed by atoms with Gasteiger partial charge in [-0.15, -0.1) is 0 Å². The Morgan fingerprint density at radius 2 is 2.36 bits per heavy atom. The Labute approximate surface area is 93.9 Å². The molecule has 0 aromatic carbocycles. The Hall–Kier alpha value is -0.570. The van der Waals surface area contributed by atoms with Crippen LogP contribution in [0.2, 0.25) is 0 Å². The number of nitrogens with one attached hydrogen (secondary N) is 1. The predicted molar refractivity (Wildman–Crippen MR) is 60.6 cm³/mol. The third kappa shape index (κ3) is 4.61. The van der Waals surface area contributed by atoms with E-state index in [0.717, 1.165) is 18.7 Å². The largest absolute Gasteiger partial charge is 0.311 e. The molecule has 1 rings (SSSR count). The van der Waals surface area contributed by atoms with Gasteiger partial charge in [-0.2, -0.15) is 0 Å². The highest BCUT2D eigenvalue weighted by Gasteiger charge is 1.93. The lowest BCUT2D eigenvalue weighted by molar-refractivity contribution is 0.730. The molecule has 0 aliphatic rings. The smallest absolute Gasteiger partial charge is 0.0431 e. The molecule has 0 spiro atoms. The predicted octanol–water partition coefficient (Wildman–Crippen LogP) is 2.53. The first-order valence-corrected chi connectivity index (χ1v) is 5.19. The van der Waals surface area contributed by atoms with Crippen LogP contribution in [-0.2, 0) is 6.42 Å². The second kappa shape index (κ2) is 6.82. The van der Waals surface area contributed by atoms with E-state index in [1.54, 1.807) is 6.20 Å². The lowest BCUT2D eigenvalue weighted by atomic mass is 10.3. The van der Waals surface area contributed by atoms with E-state index in [1.165, 1.54) is 5.54 Å². The molecule has 1 heterocycles. The average Bonchev–Trinajstić information content (AvgIpc) is 2.25. The van der Waals surface area contributed by atoms with Crippen LogP contribution in [0.5, 0.6) is 0 Å². The monoisotopic (exact) mass is 230 g/mol. The minimum Gasteiger partial charge on any atom is -0.311 e. The van der Waals surface area contributed by atoms with Gasteiger partial charge in [-0.25, -0.2) is 0 Å². The summed E-state index contributed by atoms with van der Waals surface area (Å²) in [5, 5.41) is 3.78. The number of nitrogens with zero attached hydrogens (tertiary/aromatic N) is 1. The van der Waals surface area contributed by atoms with Gasteiger partial charge in [-0.05, 0) is 12.1 Å². The molecule has 1 N–H and O–H groups in total. The van der Waals surface area contributed by atoms with E-state index in [4.69, 9.17) is 23.2 Å². The summed E-state index contributed by atoms with van der Waals surface area (Å²) in [7, 11) is 0. The van der Waals surface area contributed by atoms with Gasteiger partial charge >= 0.3 is 0 Å². The van der Waals surface area contributed by atoms with E-state index in [2.05, 4.69) is 10.3 Å². The average molecular weight is 231 g/mol. The normalized spacial score (nSPS) is 11.7. The quantitative estimate of drug-likeness (QED) is 0.787. The lowest BCUT2D eigenvalue weighted by Crippen LogP contribution is -2.18. The van der Waals surface area contributed by atoms with Crippen LogP contribution >= 0.6 is 23.2 Å². The zero-order valence-electron chi connectivity index (χ0n) is 7.71. The van der Waals surface area contributed by atoms with Gasteiger partial charge in [-0.1, -0.05) is 29.3 Å². The van der Waals surface area contributed by atoms with E-state index in [9.17, 15) is 0 Å². The van der Waals surface area contributed by atoms with Crippen molar-refractivity contribution in [3.63, 3.8) is 0 Å². The van der Waals surface area contributed by atoms with Gasteiger partial charge in [0.25, 0.3) is 0 Å². The van der Waals surface area contributed by atoms with Crippen molar-refractivity contribution >= 4 is 23.2 Å². The van der Waals surface area contributed by atoms with E-state index < -0.39 is 0 Å². The lowest BCUT2D eigenvalue weighted by Gasteiger charge is -2.02. The molecule has 1 aromatic rings. The summed E-state index contributed by atoms with van der Waals surface area (Å²) in [4.78, 5) is 4.20. The van der Waals surface area contributed by atoms with Crippen molar-refractivity contribution in [1.29, 1.82) is 0 Å². The molecule has 0 bridgehead atoms. The molecule has 0 saturated heterocycles. The van der Waals surface area contributed by atoms with Crippen LogP contribution in [0.15, 0.2) is 35.0 Å². The first-order valence-electron chi connectivity index (χ1n) is 4.38. The number of hydrogen-bond donors (Lipinski definition) is 1. The maximum Gasteiger partial charge on any atom is 0.0431 e. The van der Waals surface area contributed by atoms with Crippen molar-refractivity contribution in [2.24, 2.45) is 0 Å². The molecule has 1 aromatic heterocycles. The molecule has 0 fully saturated rings. The van der Waals surface area contributed by atoms with E-state index in [0.29, 0.717) is 11.6 Å². The third-order valence-electron chi connectivity index (χ3n) is 1.70. The van der Waals surface area contributed by atoms with E-state index >= 15 is 0 Å². The van der Waals surface area contributed by atoms with Crippen LogP contribution in [-0.4, -0.2) is 18.1 Å². The summed E-state index contributed by atoms with van der Waals surface area (Å²) in [6, 6.07) is 5.89. The molecule has 14 heavy (non-hydrogen) atoms. The summed E-state index contributed by atoms with van der Waals surface area (Å²) < 4.78 is 0. The third-order valence-corrected chi connectivity index (χ3v) is 2.31. The Kier molecular flexibility index (Phi) is 5.60. The number of halogens is 2. The number of rotatable bonds is 5. The second-order valence-corrected chi connectivity index (χ2v) is 3.51. The fourth-order valence-electron chi connectivity index (χ4n) is 1.01. The van der Waals surface area contributed by atoms with Crippen LogP contribution in [0.1, 0.15) is 5.69 Å². The highest BCUT2D eigenvalue weighted by Crippen LogP contribution is 2.00. The molecule has 0 aliphatic heterocycles. The summed E-state index contributed by atoms with van der Waals surface area (Å²) in [6.07, 6.45) is 2.69. The summed E-state index contributed by atoms with van der Waals surface area (Å²) >= 11 is 11.1. The van der Waals surface area contributed by atoms with Gasteiger partial charge in [0.1, 0.15) is 0 Å². The van der Waals surface area contributed by atoms with Gasteiger partial charge in [0.15, 0.2) is 0 Å². The SMILES string of the molecule is ClC=C(Cl)CNCCc1ccccn1. The van der Waals surface area contributed by atoms with Crippen LogP contribution < -0.4 is 5.32 Å². The Morgan fingerprint density at radius 3 is 3.00 bits per heavy atom. The molecule has 0 aliphatic carbocycles. The van der Waals surface area contributed by atoms with Crippen LogP contribution in [0.25, 0.3) is 0 Å². The molecule has 0 atom stereocenters. The van der Waals surface area contributed by atoms with Crippen molar-refractivity contribution in [3.05, 3.63) is 40.7 Å². The maximum absolute atomic E-state index is 5.70. The molecule has 76 valence electrons. The van der Waals surface area contributed by atoms with Gasteiger partial charge in [0, 0.05) is 42.0 Å². The van der Waals surface area contributed by atoms with Gasteiger partial charge in [0.2, 0.25) is 0 Å². The summed E-state index contributed by atoms with van der Waals surface area (Å²) in [6.45, 7) is 1.45. The summed E-state index contributed by atoms with van der Waals surface area (Å²) in [5.74, 6) is 0. The number of pyridine rings is 1. The Balaban J connectivity index is 2.17. The highest BCUT2D eigenvalue weighted by molar-refractivity contribution is 6.36.